The highest BCUT2D eigenvalue weighted by atomic mass is 16.6. The van der Waals surface area contributed by atoms with Gasteiger partial charge in [-0.05, 0) is 18.2 Å². The van der Waals surface area contributed by atoms with E-state index in [2.05, 4.69) is 5.10 Å². The first-order valence-corrected chi connectivity index (χ1v) is 4.60. The van der Waals surface area contributed by atoms with E-state index in [0.29, 0.717) is 6.61 Å². The standard InChI is InChI=1S/C10H10N2O2/c1-2-10(14-7-8-6-13-8)9-3-4-11-12(9)5-1/h1-5,8H,6-7H2. The van der Waals surface area contributed by atoms with Crippen LogP contribution in [0.4, 0.5) is 0 Å². The van der Waals surface area contributed by atoms with Crippen molar-refractivity contribution in [1.29, 1.82) is 0 Å². The van der Waals surface area contributed by atoms with E-state index < -0.39 is 0 Å². The predicted molar refractivity (Wildman–Crippen MR) is 50.4 cm³/mol. The quantitative estimate of drug-likeness (QED) is 0.680. The van der Waals surface area contributed by atoms with Crippen molar-refractivity contribution in [3.05, 3.63) is 30.6 Å². The lowest BCUT2D eigenvalue weighted by Gasteiger charge is -2.05. The molecule has 1 saturated heterocycles. The van der Waals surface area contributed by atoms with E-state index in [-0.39, 0.29) is 6.10 Å². The summed E-state index contributed by atoms with van der Waals surface area (Å²) in [4.78, 5) is 0. The fourth-order valence-corrected chi connectivity index (χ4v) is 1.39. The molecule has 1 unspecified atom stereocenters. The molecule has 2 aromatic rings. The van der Waals surface area contributed by atoms with Crippen molar-refractivity contribution < 1.29 is 9.47 Å². The topological polar surface area (TPSA) is 39.1 Å². The number of nitrogens with zero attached hydrogens (tertiary/aromatic N) is 2. The number of rotatable bonds is 3. The summed E-state index contributed by atoms with van der Waals surface area (Å²) in [6.07, 6.45) is 3.95. The summed E-state index contributed by atoms with van der Waals surface area (Å²) < 4.78 is 12.5. The van der Waals surface area contributed by atoms with Crippen LogP contribution in [0.25, 0.3) is 5.52 Å². The van der Waals surface area contributed by atoms with E-state index in [1.165, 1.54) is 0 Å². The molecule has 0 N–H and O–H groups in total. The van der Waals surface area contributed by atoms with E-state index >= 15 is 0 Å². The fourth-order valence-electron chi connectivity index (χ4n) is 1.39. The van der Waals surface area contributed by atoms with Crippen LogP contribution in [0.3, 0.4) is 0 Å². The Labute approximate surface area is 81.1 Å². The molecule has 2 aromatic heterocycles. The lowest BCUT2D eigenvalue weighted by Crippen LogP contribution is -2.04. The summed E-state index contributed by atoms with van der Waals surface area (Å²) in [7, 11) is 0. The van der Waals surface area contributed by atoms with Gasteiger partial charge in [0.2, 0.25) is 0 Å². The smallest absolute Gasteiger partial charge is 0.145 e. The minimum absolute atomic E-state index is 0.290. The third-order valence-electron chi connectivity index (χ3n) is 2.22. The van der Waals surface area contributed by atoms with Crippen LogP contribution in [-0.2, 0) is 4.74 Å². The molecule has 0 radical (unpaired) electrons. The third kappa shape index (κ3) is 1.33. The molecule has 4 heteroatoms. The Hall–Kier alpha value is -1.55. The van der Waals surface area contributed by atoms with Crippen molar-refractivity contribution in [1.82, 2.24) is 9.61 Å². The third-order valence-corrected chi connectivity index (χ3v) is 2.22. The molecule has 1 fully saturated rings. The number of epoxide rings is 1. The Kier molecular flexibility index (Phi) is 1.67. The minimum atomic E-state index is 0.290. The van der Waals surface area contributed by atoms with Gasteiger partial charge in [0.05, 0.1) is 12.8 Å². The second kappa shape index (κ2) is 2.99. The Morgan fingerprint density at radius 1 is 1.57 bits per heavy atom. The molecule has 3 rings (SSSR count). The average molecular weight is 190 g/mol. The Balaban J connectivity index is 1.89. The molecule has 0 aliphatic carbocycles. The van der Waals surface area contributed by atoms with E-state index in [0.717, 1.165) is 17.9 Å². The first kappa shape index (κ1) is 7.82. The minimum Gasteiger partial charge on any atom is -0.489 e. The molecule has 0 spiro atoms. The number of hydrogen-bond donors (Lipinski definition) is 0. The van der Waals surface area contributed by atoms with E-state index in [9.17, 15) is 0 Å². The van der Waals surface area contributed by atoms with Gasteiger partial charge in [0.1, 0.15) is 24.0 Å². The van der Waals surface area contributed by atoms with Crippen molar-refractivity contribution >= 4 is 5.52 Å². The summed E-state index contributed by atoms with van der Waals surface area (Å²) in [5.41, 5.74) is 0.994. The molecule has 3 heterocycles. The molecule has 0 aromatic carbocycles. The van der Waals surface area contributed by atoms with E-state index in [1.807, 2.05) is 24.4 Å². The van der Waals surface area contributed by atoms with Gasteiger partial charge < -0.3 is 9.47 Å². The number of fused-ring (bicyclic) bond motifs is 1. The maximum atomic E-state index is 5.62. The summed E-state index contributed by atoms with van der Waals surface area (Å²) in [5.74, 6) is 0.862. The first-order valence-electron chi connectivity index (χ1n) is 4.60. The van der Waals surface area contributed by atoms with Gasteiger partial charge in [0.25, 0.3) is 0 Å². The van der Waals surface area contributed by atoms with Crippen molar-refractivity contribution in [3.63, 3.8) is 0 Å². The van der Waals surface area contributed by atoms with Crippen LogP contribution < -0.4 is 4.74 Å². The molecule has 72 valence electrons. The first-order chi connectivity index (χ1) is 6.93. The van der Waals surface area contributed by atoms with Crippen LogP contribution in [0, 0.1) is 0 Å². The average Bonchev–Trinajstić information content (AvgIpc) is 2.91. The van der Waals surface area contributed by atoms with Crippen LogP contribution >= 0.6 is 0 Å². The van der Waals surface area contributed by atoms with Gasteiger partial charge in [-0.15, -0.1) is 0 Å². The van der Waals surface area contributed by atoms with Gasteiger partial charge in [-0.25, -0.2) is 4.52 Å². The summed E-state index contributed by atoms with van der Waals surface area (Å²) in [6, 6.07) is 5.80. The van der Waals surface area contributed by atoms with Gasteiger partial charge in [0.15, 0.2) is 0 Å². The molecular weight excluding hydrogens is 180 g/mol. The van der Waals surface area contributed by atoms with Gasteiger partial charge in [-0.1, -0.05) is 0 Å². The lowest BCUT2D eigenvalue weighted by molar-refractivity contribution is 0.264. The second-order valence-corrected chi connectivity index (χ2v) is 3.30. The van der Waals surface area contributed by atoms with Crippen molar-refractivity contribution in [3.8, 4) is 5.75 Å². The highest BCUT2D eigenvalue weighted by Gasteiger charge is 2.23. The van der Waals surface area contributed by atoms with E-state index in [1.54, 1.807) is 10.7 Å². The second-order valence-electron chi connectivity index (χ2n) is 3.30. The number of ether oxygens (including phenoxy) is 2. The number of aromatic nitrogens is 2. The van der Waals surface area contributed by atoms with Gasteiger partial charge in [-0.3, -0.25) is 0 Å². The molecule has 14 heavy (non-hydrogen) atoms. The molecule has 0 amide bonds. The fraction of sp³-hybridized carbons (Fsp3) is 0.300. The molecule has 0 bridgehead atoms. The SMILES string of the molecule is c1cc(OCC2CO2)c2ccnn2c1. The normalized spacial score (nSPS) is 19.9. The van der Waals surface area contributed by atoms with Crippen molar-refractivity contribution in [2.75, 3.05) is 13.2 Å². The van der Waals surface area contributed by atoms with Crippen LogP contribution in [0.15, 0.2) is 30.6 Å². The van der Waals surface area contributed by atoms with Crippen LogP contribution in [-0.4, -0.2) is 28.9 Å². The zero-order valence-electron chi connectivity index (χ0n) is 7.59. The molecule has 4 nitrogen and oxygen atoms in total. The van der Waals surface area contributed by atoms with Crippen molar-refractivity contribution in [2.24, 2.45) is 0 Å². The summed E-state index contributed by atoms with van der Waals surface area (Å²) >= 11 is 0. The van der Waals surface area contributed by atoms with Crippen molar-refractivity contribution in [2.45, 2.75) is 6.10 Å². The van der Waals surface area contributed by atoms with Crippen LogP contribution in [0.2, 0.25) is 0 Å². The number of hydrogen-bond acceptors (Lipinski definition) is 3. The molecule has 1 aliphatic rings. The Morgan fingerprint density at radius 2 is 2.50 bits per heavy atom. The highest BCUT2D eigenvalue weighted by molar-refractivity contribution is 5.58. The van der Waals surface area contributed by atoms with Gasteiger partial charge in [0, 0.05) is 6.20 Å². The highest BCUT2D eigenvalue weighted by Crippen LogP contribution is 2.20. The van der Waals surface area contributed by atoms with Gasteiger partial charge >= 0.3 is 0 Å². The van der Waals surface area contributed by atoms with E-state index in [4.69, 9.17) is 9.47 Å². The lowest BCUT2D eigenvalue weighted by atomic mass is 10.4. The molecular formula is C10H10N2O2. The Bertz CT molecular complexity index is 448. The van der Waals surface area contributed by atoms with Crippen LogP contribution in [0.1, 0.15) is 0 Å². The monoisotopic (exact) mass is 190 g/mol. The molecule has 1 atom stereocenters. The maximum Gasteiger partial charge on any atom is 0.145 e. The predicted octanol–water partition coefficient (Wildman–Crippen LogP) is 1.11. The van der Waals surface area contributed by atoms with Crippen LogP contribution in [0.5, 0.6) is 5.75 Å². The zero-order valence-corrected chi connectivity index (χ0v) is 7.59. The largest absolute Gasteiger partial charge is 0.489 e. The Morgan fingerprint density at radius 3 is 3.36 bits per heavy atom. The maximum absolute atomic E-state index is 5.62. The summed E-state index contributed by atoms with van der Waals surface area (Å²) in [6.45, 7) is 1.45. The van der Waals surface area contributed by atoms with Gasteiger partial charge in [-0.2, -0.15) is 5.10 Å². The molecule has 1 aliphatic heterocycles. The molecule has 0 saturated carbocycles. The number of pyridine rings is 1. The summed E-state index contributed by atoms with van der Waals surface area (Å²) in [5, 5.41) is 4.13. The zero-order chi connectivity index (χ0) is 9.38.